The van der Waals surface area contributed by atoms with Crippen molar-refractivity contribution in [1.82, 2.24) is 5.43 Å². The second kappa shape index (κ2) is 7.91. The van der Waals surface area contributed by atoms with Crippen molar-refractivity contribution < 1.29 is 14.3 Å². The molecule has 0 aromatic heterocycles. The number of nitrogens with zero attached hydrogens (tertiary/aromatic N) is 2. The maximum atomic E-state index is 12.4. The van der Waals surface area contributed by atoms with Gasteiger partial charge in [0, 0.05) is 19.5 Å². The lowest BCUT2D eigenvalue weighted by molar-refractivity contribution is -0.122. The van der Waals surface area contributed by atoms with E-state index in [1.165, 1.54) is 5.56 Å². The second-order valence-corrected chi connectivity index (χ2v) is 6.17. The minimum Gasteiger partial charge on any atom is -0.482 e. The second-order valence-electron chi connectivity index (χ2n) is 6.17. The Morgan fingerprint density at radius 2 is 1.92 bits per heavy atom. The summed E-state index contributed by atoms with van der Waals surface area (Å²) in [4.78, 5) is 26.2. The number of fused-ring (bicyclic) bond motifs is 1. The van der Waals surface area contributed by atoms with Gasteiger partial charge in [-0.3, -0.25) is 20.0 Å². The number of nitrogens with one attached hydrogen (secondary N) is 1. The van der Waals surface area contributed by atoms with Crippen LogP contribution >= 0.6 is 0 Å². The molecule has 2 aromatic rings. The Hall–Kier alpha value is -3.02. The van der Waals surface area contributed by atoms with Crippen LogP contribution < -0.4 is 20.1 Å². The Balaban J connectivity index is 1.61. The molecule has 1 N–H and O–H groups in total. The van der Waals surface area contributed by atoms with E-state index < -0.39 is 0 Å². The molecule has 0 unspecified atom stereocenters. The number of rotatable bonds is 6. The fraction of sp³-hybridized carbons (Fsp3) is 0.300. The summed E-state index contributed by atoms with van der Waals surface area (Å²) in [5.41, 5.74) is 5.71. The number of benzene rings is 2. The number of ether oxygens (including phenoxy) is 1. The van der Waals surface area contributed by atoms with Crippen molar-refractivity contribution in [3.05, 3.63) is 54.1 Å². The molecule has 0 radical (unpaired) electrons. The van der Waals surface area contributed by atoms with Gasteiger partial charge >= 0.3 is 0 Å². The van der Waals surface area contributed by atoms with Gasteiger partial charge in [0.15, 0.2) is 6.61 Å². The molecule has 26 heavy (non-hydrogen) atoms. The van der Waals surface area contributed by atoms with Crippen LogP contribution in [0.2, 0.25) is 0 Å². The number of hydrogen-bond donors (Lipinski definition) is 1. The van der Waals surface area contributed by atoms with Gasteiger partial charge in [-0.2, -0.15) is 0 Å². The predicted octanol–water partition coefficient (Wildman–Crippen LogP) is 2.67. The molecule has 0 spiro atoms. The molecule has 2 aromatic carbocycles. The molecule has 6 heteroatoms. The van der Waals surface area contributed by atoms with E-state index in [4.69, 9.17) is 4.74 Å². The summed E-state index contributed by atoms with van der Waals surface area (Å²) in [5.74, 6) is 0.397. The third kappa shape index (κ3) is 3.96. The van der Waals surface area contributed by atoms with Gasteiger partial charge in [0.05, 0.1) is 11.4 Å². The molecule has 0 aliphatic carbocycles. The number of amides is 2. The molecule has 1 aliphatic heterocycles. The van der Waals surface area contributed by atoms with Crippen LogP contribution in [-0.2, 0) is 9.59 Å². The average molecular weight is 353 g/mol. The zero-order chi connectivity index (χ0) is 18.5. The lowest BCUT2D eigenvalue weighted by atomic mass is 10.2. The van der Waals surface area contributed by atoms with Crippen molar-refractivity contribution in [2.45, 2.75) is 20.3 Å². The smallest absolute Gasteiger partial charge is 0.265 e. The quantitative estimate of drug-likeness (QED) is 0.811. The third-order valence-corrected chi connectivity index (χ3v) is 4.29. The molecule has 0 saturated carbocycles. The van der Waals surface area contributed by atoms with Crippen molar-refractivity contribution >= 4 is 23.2 Å². The van der Waals surface area contributed by atoms with Gasteiger partial charge in [-0.05, 0) is 38.1 Å². The highest BCUT2D eigenvalue weighted by molar-refractivity contribution is 5.98. The molecule has 3 rings (SSSR count). The molecular formula is C20H23N3O3. The summed E-state index contributed by atoms with van der Waals surface area (Å²) < 4.78 is 5.42. The van der Waals surface area contributed by atoms with Crippen LogP contribution in [0.5, 0.6) is 5.75 Å². The van der Waals surface area contributed by atoms with Crippen LogP contribution in [0.1, 0.15) is 18.9 Å². The van der Waals surface area contributed by atoms with E-state index >= 15 is 0 Å². The maximum absolute atomic E-state index is 12.4. The number of carbonyl (C=O) groups excluding carboxylic acids is 2. The molecule has 0 bridgehead atoms. The van der Waals surface area contributed by atoms with Crippen molar-refractivity contribution in [3.8, 4) is 5.75 Å². The Bertz CT molecular complexity index is 789. The summed E-state index contributed by atoms with van der Waals surface area (Å²) in [6, 6.07) is 15.3. The monoisotopic (exact) mass is 353 g/mol. The highest BCUT2D eigenvalue weighted by atomic mass is 16.5. The van der Waals surface area contributed by atoms with E-state index in [1.807, 2.05) is 62.4 Å². The molecule has 1 aliphatic rings. The molecule has 2 amide bonds. The van der Waals surface area contributed by atoms with Crippen molar-refractivity contribution in [2.24, 2.45) is 0 Å². The first-order valence-corrected chi connectivity index (χ1v) is 8.74. The van der Waals surface area contributed by atoms with E-state index in [2.05, 4.69) is 5.43 Å². The summed E-state index contributed by atoms with van der Waals surface area (Å²) in [6.45, 7) is 4.96. The Kier molecular flexibility index (Phi) is 5.41. The topological polar surface area (TPSA) is 61.9 Å². The summed E-state index contributed by atoms with van der Waals surface area (Å²) in [5, 5.41) is 1.80. The van der Waals surface area contributed by atoms with Crippen LogP contribution in [0.3, 0.4) is 0 Å². The van der Waals surface area contributed by atoms with Crippen molar-refractivity contribution in [2.75, 3.05) is 29.6 Å². The molecule has 136 valence electrons. The van der Waals surface area contributed by atoms with E-state index in [0.29, 0.717) is 24.5 Å². The SMILES string of the molecule is CCN(NC(=O)CCN1C(=O)COc2ccccc21)c1ccc(C)cc1. The van der Waals surface area contributed by atoms with Crippen LogP contribution in [0.25, 0.3) is 0 Å². The van der Waals surface area contributed by atoms with Gasteiger partial charge in [0.1, 0.15) is 5.75 Å². The largest absolute Gasteiger partial charge is 0.482 e. The van der Waals surface area contributed by atoms with Gasteiger partial charge in [0.2, 0.25) is 5.91 Å². The van der Waals surface area contributed by atoms with Gasteiger partial charge < -0.3 is 9.64 Å². The summed E-state index contributed by atoms with van der Waals surface area (Å²) >= 11 is 0. The zero-order valence-corrected chi connectivity index (χ0v) is 15.1. The molecular weight excluding hydrogens is 330 g/mol. The van der Waals surface area contributed by atoms with Crippen LogP contribution in [0, 0.1) is 6.92 Å². The fourth-order valence-corrected chi connectivity index (χ4v) is 2.87. The molecule has 1 heterocycles. The third-order valence-electron chi connectivity index (χ3n) is 4.29. The van der Waals surface area contributed by atoms with Crippen LogP contribution in [-0.4, -0.2) is 31.5 Å². The molecule has 0 fully saturated rings. The minimum atomic E-state index is -0.137. The Morgan fingerprint density at radius 1 is 1.19 bits per heavy atom. The minimum absolute atomic E-state index is 0.00306. The first kappa shape index (κ1) is 17.8. The standard InChI is InChI=1S/C20H23N3O3/c1-3-23(16-10-8-15(2)9-11-16)21-19(24)12-13-22-17-6-4-5-7-18(17)26-14-20(22)25/h4-11H,3,12-14H2,1-2H3,(H,21,24). The highest BCUT2D eigenvalue weighted by Crippen LogP contribution is 2.31. The van der Waals surface area contributed by atoms with Gasteiger partial charge in [-0.15, -0.1) is 0 Å². The van der Waals surface area contributed by atoms with Gasteiger partial charge in [-0.25, -0.2) is 0 Å². The van der Waals surface area contributed by atoms with Gasteiger partial charge in [0.25, 0.3) is 5.91 Å². The average Bonchev–Trinajstić information content (AvgIpc) is 2.66. The fourth-order valence-electron chi connectivity index (χ4n) is 2.87. The number of hydrazine groups is 1. The van der Waals surface area contributed by atoms with Crippen molar-refractivity contribution in [3.63, 3.8) is 0 Å². The van der Waals surface area contributed by atoms with Crippen LogP contribution in [0.15, 0.2) is 48.5 Å². The van der Waals surface area contributed by atoms with Gasteiger partial charge in [-0.1, -0.05) is 29.8 Å². The summed E-state index contributed by atoms with van der Waals surface area (Å²) in [6.07, 6.45) is 0.211. The number of aryl methyl sites for hydroxylation is 1. The van der Waals surface area contributed by atoms with Crippen molar-refractivity contribution in [1.29, 1.82) is 0 Å². The number of hydrogen-bond acceptors (Lipinski definition) is 4. The lowest BCUT2D eigenvalue weighted by Crippen LogP contribution is -2.45. The van der Waals surface area contributed by atoms with Crippen LogP contribution in [0.4, 0.5) is 11.4 Å². The number of carbonyl (C=O) groups is 2. The molecule has 0 atom stereocenters. The normalized spacial score (nSPS) is 13.0. The lowest BCUT2D eigenvalue weighted by Gasteiger charge is -2.29. The predicted molar refractivity (Wildman–Crippen MR) is 101 cm³/mol. The maximum Gasteiger partial charge on any atom is 0.265 e. The number of anilines is 2. The molecule has 0 saturated heterocycles. The number of para-hydroxylation sites is 2. The van der Waals surface area contributed by atoms with E-state index in [9.17, 15) is 9.59 Å². The zero-order valence-electron chi connectivity index (χ0n) is 15.1. The van der Waals surface area contributed by atoms with E-state index in [0.717, 1.165) is 5.69 Å². The van der Waals surface area contributed by atoms with E-state index in [1.54, 1.807) is 9.91 Å². The first-order valence-electron chi connectivity index (χ1n) is 8.74. The van der Waals surface area contributed by atoms with E-state index in [-0.39, 0.29) is 24.8 Å². The molecule has 6 nitrogen and oxygen atoms in total. The Labute approximate surface area is 153 Å². The first-order chi connectivity index (χ1) is 12.6. The summed E-state index contributed by atoms with van der Waals surface area (Å²) in [7, 11) is 0. The Morgan fingerprint density at radius 3 is 2.65 bits per heavy atom. The highest BCUT2D eigenvalue weighted by Gasteiger charge is 2.25.